The summed E-state index contributed by atoms with van der Waals surface area (Å²) in [5.41, 5.74) is 8.21. The third kappa shape index (κ3) is 2.68. The molecule has 0 atom stereocenters. The molecule has 18 heavy (non-hydrogen) atoms. The molecular formula is C12H13ClN4S. The van der Waals surface area contributed by atoms with Gasteiger partial charge in [0.05, 0.1) is 16.4 Å². The fourth-order valence-corrected chi connectivity index (χ4v) is 2.11. The summed E-state index contributed by atoms with van der Waals surface area (Å²) in [4.78, 5) is 8.55. The number of para-hydroxylation sites is 1. The van der Waals surface area contributed by atoms with Crippen LogP contribution in [0.3, 0.4) is 0 Å². The first-order valence-electron chi connectivity index (χ1n) is 5.31. The number of thioether (sulfide) groups is 1. The Morgan fingerprint density at radius 2 is 2.00 bits per heavy atom. The van der Waals surface area contributed by atoms with Gasteiger partial charge >= 0.3 is 0 Å². The Balaban J connectivity index is 2.38. The van der Waals surface area contributed by atoms with Crippen molar-refractivity contribution in [3.8, 4) is 0 Å². The number of nitrogens with two attached hydrogens (primary N) is 1. The molecule has 0 unspecified atom stereocenters. The highest BCUT2D eigenvalue weighted by Gasteiger charge is 2.10. The van der Waals surface area contributed by atoms with Gasteiger partial charge in [0, 0.05) is 0 Å². The minimum absolute atomic E-state index is 0.423. The average molecular weight is 281 g/mol. The van der Waals surface area contributed by atoms with Gasteiger partial charge in [0.25, 0.3) is 0 Å². The molecule has 0 bridgehead atoms. The molecule has 0 saturated carbocycles. The van der Waals surface area contributed by atoms with Crippen molar-refractivity contribution in [2.75, 3.05) is 17.3 Å². The Hall–Kier alpha value is -1.46. The van der Waals surface area contributed by atoms with Crippen LogP contribution in [0.25, 0.3) is 0 Å². The molecule has 0 fully saturated rings. The Morgan fingerprint density at radius 1 is 1.28 bits per heavy atom. The molecule has 2 rings (SSSR count). The normalized spacial score (nSPS) is 10.4. The predicted molar refractivity (Wildman–Crippen MR) is 77.7 cm³/mol. The molecule has 1 aromatic carbocycles. The van der Waals surface area contributed by atoms with Crippen molar-refractivity contribution in [2.24, 2.45) is 0 Å². The summed E-state index contributed by atoms with van der Waals surface area (Å²) in [7, 11) is 0. The zero-order valence-electron chi connectivity index (χ0n) is 10.1. The number of nitrogens with zero attached hydrogens (tertiary/aromatic N) is 2. The van der Waals surface area contributed by atoms with Crippen LogP contribution >= 0.6 is 23.4 Å². The lowest BCUT2D eigenvalue weighted by molar-refractivity contribution is 0.946. The van der Waals surface area contributed by atoms with E-state index in [1.165, 1.54) is 11.8 Å². The monoisotopic (exact) mass is 280 g/mol. The van der Waals surface area contributed by atoms with Gasteiger partial charge < -0.3 is 11.1 Å². The number of rotatable bonds is 3. The second kappa shape index (κ2) is 5.46. The van der Waals surface area contributed by atoms with E-state index < -0.39 is 0 Å². The molecule has 4 nitrogen and oxygen atoms in total. The molecule has 0 spiro atoms. The molecule has 3 N–H and O–H groups in total. The van der Waals surface area contributed by atoms with E-state index in [9.17, 15) is 0 Å². The van der Waals surface area contributed by atoms with E-state index in [2.05, 4.69) is 15.3 Å². The second-order valence-corrected chi connectivity index (χ2v) is 4.84. The van der Waals surface area contributed by atoms with Crippen LogP contribution in [-0.2, 0) is 0 Å². The van der Waals surface area contributed by atoms with E-state index in [0.29, 0.717) is 21.7 Å². The second-order valence-electron chi connectivity index (χ2n) is 3.66. The number of nitrogens with one attached hydrogen (secondary N) is 1. The van der Waals surface area contributed by atoms with E-state index >= 15 is 0 Å². The van der Waals surface area contributed by atoms with Crippen LogP contribution in [0.5, 0.6) is 0 Å². The number of benzene rings is 1. The fraction of sp³-hybridized carbons (Fsp3) is 0.167. The summed E-state index contributed by atoms with van der Waals surface area (Å²) in [6.45, 7) is 1.89. The summed E-state index contributed by atoms with van der Waals surface area (Å²) >= 11 is 7.55. The Labute approximate surface area is 115 Å². The van der Waals surface area contributed by atoms with E-state index in [1.54, 1.807) is 0 Å². The van der Waals surface area contributed by atoms with Gasteiger partial charge in [-0.2, -0.15) is 0 Å². The van der Waals surface area contributed by atoms with Gasteiger partial charge in [0.1, 0.15) is 5.69 Å². The molecule has 1 aromatic heterocycles. The highest BCUT2D eigenvalue weighted by atomic mass is 35.5. The zero-order chi connectivity index (χ0) is 13.1. The predicted octanol–water partition coefficient (Wildman–Crippen LogP) is 3.49. The summed E-state index contributed by atoms with van der Waals surface area (Å²) < 4.78 is 0. The van der Waals surface area contributed by atoms with Crippen LogP contribution < -0.4 is 11.1 Å². The molecule has 94 valence electrons. The summed E-state index contributed by atoms with van der Waals surface area (Å²) in [6.07, 6.45) is 1.91. The highest BCUT2D eigenvalue weighted by molar-refractivity contribution is 7.98. The van der Waals surface area contributed by atoms with Crippen LogP contribution in [0, 0.1) is 6.92 Å². The number of aromatic nitrogens is 2. The minimum Gasteiger partial charge on any atom is -0.382 e. The third-order valence-electron chi connectivity index (χ3n) is 2.41. The lowest BCUT2D eigenvalue weighted by atomic mass is 10.3. The van der Waals surface area contributed by atoms with Gasteiger partial charge in [-0.25, -0.2) is 9.97 Å². The fourth-order valence-electron chi connectivity index (χ4n) is 1.51. The smallest absolute Gasteiger partial charge is 0.189 e. The van der Waals surface area contributed by atoms with Crippen LogP contribution in [0.1, 0.15) is 5.69 Å². The van der Waals surface area contributed by atoms with Gasteiger partial charge in [-0.05, 0) is 25.3 Å². The molecule has 0 aliphatic carbocycles. The summed E-state index contributed by atoms with van der Waals surface area (Å²) in [6, 6.07) is 7.46. The molecule has 0 saturated heterocycles. The van der Waals surface area contributed by atoms with E-state index in [0.717, 1.165) is 11.4 Å². The first kappa shape index (κ1) is 13.0. The summed E-state index contributed by atoms with van der Waals surface area (Å²) in [5.74, 6) is 0.423. The number of halogens is 1. The maximum Gasteiger partial charge on any atom is 0.189 e. The van der Waals surface area contributed by atoms with Crippen LogP contribution in [0.4, 0.5) is 17.2 Å². The summed E-state index contributed by atoms with van der Waals surface area (Å²) in [5, 5.41) is 4.46. The van der Waals surface area contributed by atoms with E-state index in [4.69, 9.17) is 17.3 Å². The lowest BCUT2D eigenvalue weighted by Gasteiger charge is -2.13. The Morgan fingerprint density at radius 3 is 2.61 bits per heavy atom. The van der Waals surface area contributed by atoms with Crippen molar-refractivity contribution in [3.05, 3.63) is 35.0 Å². The van der Waals surface area contributed by atoms with E-state index in [1.807, 2.05) is 37.4 Å². The van der Waals surface area contributed by atoms with Gasteiger partial charge in [-0.15, -0.1) is 0 Å². The van der Waals surface area contributed by atoms with Crippen molar-refractivity contribution < 1.29 is 0 Å². The van der Waals surface area contributed by atoms with Crippen molar-refractivity contribution in [2.45, 2.75) is 12.1 Å². The highest BCUT2D eigenvalue weighted by Crippen LogP contribution is 2.29. The minimum atomic E-state index is 0.423. The lowest BCUT2D eigenvalue weighted by Crippen LogP contribution is -2.04. The van der Waals surface area contributed by atoms with Crippen molar-refractivity contribution in [3.63, 3.8) is 0 Å². The van der Waals surface area contributed by atoms with Crippen LogP contribution in [0.15, 0.2) is 29.4 Å². The third-order valence-corrected chi connectivity index (χ3v) is 3.29. The molecular weight excluding hydrogens is 268 g/mol. The van der Waals surface area contributed by atoms with Crippen LogP contribution in [-0.4, -0.2) is 16.2 Å². The molecule has 0 radical (unpaired) electrons. The number of anilines is 3. The SMILES string of the molecule is CSc1nc(C)c(Nc2ccccc2Cl)c(N)n1. The molecule has 0 aliphatic rings. The zero-order valence-corrected chi connectivity index (χ0v) is 11.6. The Kier molecular flexibility index (Phi) is 3.93. The molecule has 0 aliphatic heterocycles. The van der Waals surface area contributed by atoms with Crippen molar-refractivity contribution in [1.29, 1.82) is 0 Å². The number of nitrogen functional groups attached to an aromatic ring is 1. The number of hydrogen-bond acceptors (Lipinski definition) is 5. The maximum atomic E-state index is 6.09. The van der Waals surface area contributed by atoms with Gasteiger partial charge in [0.15, 0.2) is 11.0 Å². The average Bonchev–Trinajstić information content (AvgIpc) is 2.35. The van der Waals surface area contributed by atoms with Crippen molar-refractivity contribution in [1.82, 2.24) is 9.97 Å². The molecule has 2 aromatic rings. The quantitative estimate of drug-likeness (QED) is 0.666. The number of hydrogen-bond donors (Lipinski definition) is 2. The van der Waals surface area contributed by atoms with Crippen LogP contribution in [0.2, 0.25) is 5.02 Å². The van der Waals surface area contributed by atoms with Gasteiger partial charge in [-0.3, -0.25) is 0 Å². The molecule has 6 heteroatoms. The topological polar surface area (TPSA) is 63.8 Å². The standard InChI is InChI=1S/C12H13ClN4S/c1-7-10(11(14)17-12(15-7)18-2)16-9-6-4-3-5-8(9)13/h3-6,16H,1-2H3,(H2,14,15,17). The first-order valence-corrected chi connectivity index (χ1v) is 6.91. The van der Waals surface area contributed by atoms with Gasteiger partial charge in [0.2, 0.25) is 0 Å². The first-order chi connectivity index (χ1) is 8.61. The molecule has 0 amide bonds. The van der Waals surface area contributed by atoms with E-state index in [-0.39, 0.29) is 0 Å². The largest absolute Gasteiger partial charge is 0.382 e. The number of aryl methyl sites for hydroxylation is 1. The van der Waals surface area contributed by atoms with Gasteiger partial charge in [-0.1, -0.05) is 35.5 Å². The molecule has 1 heterocycles. The Bertz CT molecular complexity index is 551. The maximum absolute atomic E-state index is 6.09. The van der Waals surface area contributed by atoms with Crippen molar-refractivity contribution >= 4 is 40.6 Å².